The van der Waals surface area contributed by atoms with E-state index in [1.807, 2.05) is 44.2 Å². The van der Waals surface area contributed by atoms with E-state index in [1.54, 1.807) is 0 Å². The van der Waals surface area contributed by atoms with Crippen molar-refractivity contribution in [3.05, 3.63) is 72.8 Å². The van der Waals surface area contributed by atoms with Gasteiger partial charge in [0.2, 0.25) is 15.9 Å². The zero-order valence-electron chi connectivity index (χ0n) is 18.7. The average Bonchev–Trinajstić information content (AvgIpc) is 2.78. The highest BCUT2D eigenvalue weighted by Crippen LogP contribution is 2.30. The number of sulfonamides is 1. The van der Waals surface area contributed by atoms with Gasteiger partial charge in [-0.15, -0.1) is 0 Å². The van der Waals surface area contributed by atoms with Crippen LogP contribution in [0.2, 0.25) is 0 Å². The standard InChI is InChI=1S/C24H29N3O5S/c1-4-23(28)25-21-14-17(2)27(18(3)15-21)33(30,31)22-12-10-20(11-13-22)26-24(29)32-16-19-8-6-5-7-9-19/h4-13,17-18,21H,1,14-16H2,2-3H3,(H,25,28)(H,26,29). The first-order valence-electron chi connectivity index (χ1n) is 10.7. The molecule has 2 unspecified atom stereocenters. The first kappa shape index (κ1) is 24.5. The van der Waals surface area contributed by atoms with Gasteiger partial charge < -0.3 is 10.1 Å². The van der Waals surface area contributed by atoms with Crippen molar-refractivity contribution in [2.24, 2.45) is 0 Å². The molecule has 1 fully saturated rings. The number of piperidine rings is 1. The Hall–Kier alpha value is -3.17. The maximum absolute atomic E-state index is 13.3. The fraction of sp³-hybridized carbons (Fsp3) is 0.333. The maximum Gasteiger partial charge on any atom is 0.411 e. The molecule has 0 aromatic heterocycles. The van der Waals surface area contributed by atoms with Crippen LogP contribution in [-0.4, -0.2) is 42.8 Å². The molecule has 0 aliphatic carbocycles. The Morgan fingerprint density at radius 2 is 1.67 bits per heavy atom. The van der Waals surface area contributed by atoms with Gasteiger partial charge in [0.05, 0.1) is 4.90 Å². The van der Waals surface area contributed by atoms with Gasteiger partial charge in [0.25, 0.3) is 0 Å². The van der Waals surface area contributed by atoms with Crippen molar-refractivity contribution in [3.8, 4) is 0 Å². The van der Waals surface area contributed by atoms with E-state index in [1.165, 1.54) is 34.6 Å². The van der Waals surface area contributed by atoms with Crippen molar-refractivity contribution in [1.82, 2.24) is 9.62 Å². The number of carbonyl (C=O) groups excluding carboxylic acids is 2. The molecule has 2 aromatic carbocycles. The Kier molecular flexibility index (Phi) is 7.88. The van der Waals surface area contributed by atoms with Crippen molar-refractivity contribution < 1.29 is 22.7 Å². The van der Waals surface area contributed by atoms with Gasteiger partial charge in [-0.3, -0.25) is 10.1 Å². The smallest absolute Gasteiger partial charge is 0.411 e. The first-order chi connectivity index (χ1) is 15.7. The largest absolute Gasteiger partial charge is 0.444 e. The summed E-state index contributed by atoms with van der Waals surface area (Å²) in [5.41, 5.74) is 1.30. The molecular weight excluding hydrogens is 442 g/mol. The molecule has 9 heteroatoms. The fourth-order valence-electron chi connectivity index (χ4n) is 4.12. The van der Waals surface area contributed by atoms with E-state index < -0.39 is 16.1 Å². The molecule has 176 valence electrons. The van der Waals surface area contributed by atoms with E-state index in [0.717, 1.165) is 5.56 Å². The number of anilines is 1. The molecule has 2 amide bonds. The SMILES string of the molecule is C=CC(=O)NC1CC(C)N(S(=O)(=O)c2ccc(NC(=O)OCc3ccccc3)cc2)C(C)C1. The monoisotopic (exact) mass is 471 g/mol. The summed E-state index contributed by atoms with van der Waals surface area (Å²) in [5.74, 6) is -0.263. The van der Waals surface area contributed by atoms with Crippen LogP contribution in [0.3, 0.4) is 0 Å². The zero-order valence-corrected chi connectivity index (χ0v) is 19.5. The number of nitrogens with zero attached hydrogens (tertiary/aromatic N) is 1. The molecule has 2 N–H and O–H groups in total. The van der Waals surface area contributed by atoms with Crippen LogP contribution in [0.15, 0.2) is 72.1 Å². The number of nitrogens with one attached hydrogen (secondary N) is 2. The second-order valence-electron chi connectivity index (χ2n) is 8.13. The molecule has 1 heterocycles. The third kappa shape index (κ3) is 6.21. The van der Waals surface area contributed by atoms with Gasteiger partial charge in [0.15, 0.2) is 0 Å². The summed E-state index contributed by atoms with van der Waals surface area (Å²) in [4.78, 5) is 23.8. The quantitative estimate of drug-likeness (QED) is 0.600. The topological polar surface area (TPSA) is 105 Å². The lowest BCUT2D eigenvalue weighted by molar-refractivity contribution is -0.117. The molecule has 0 spiro atoms. The number of rotatable bonds is 7. The summed E-state index contributed by atoms with van der Waals surface area (Å²) >= 11 is 0. The van der Waals surface area contributed by atoms with Crippen LogP contribution in [0.5, 0.6) is 0 Å². The highest BCUT2D eigenvalue weighted by molar-refractivity contribution is 7.89. The molecule has 0 saturated carbocycles. The summed E-state index contributed by atoms with van der Waals surface area (Å²) in [6.45, 7) is 7.26. The third-order valence-corrected chi connectivity index (χ3v) is 7.68. The number of hydrogen-bond donors (Lipinski definition) is 2. The zero-order chi connectivity index (χ0) is 24.0. The van der Waals surface area contributed by atoms with E-state index >= 15 is 0 Å². The van der Waals surface area contributed by atoms with E-state index in [4.69, 9.17) is 4.74 Å². The molecule has 0 bridgehead atoms. The van der Waals surface area contributed by atoms with Crippen LogP contribution in [0.1, 0.15) is 32.3 Å². The number of amides is 2. The van der Waals surface area contributed by atoms with Crippen LogP contribution < -0.4 is 10.6 Å². The van der Waals surface area contributed by atoms with Crippen molar-refractivity contribution in [1.29, 1.82) is 0 Å². The molecule has 1 aliphatic heterocycles. The number of carbonyl (C=O) groups is 2. The minimum Gasteiger partial charge on any atom is -0.444 e. The average molecular weight is 472 g/mol. The predicted molar refractivity (Wildman–Crippen MR) is 126 cm³/mol. The Labute approximate surface area is 194 Å². The Balaban J connectivity index is 1.62. The van der Waals surface area contributed by atoms with Crippen molar-refractivity contribution in [2.45, 2.75) is 56.3 Å². The van der Waals surface area contributed by atoms with Gasteiger partial charge >= 0.3 is 6.09 Å². The molecule has 0 radical (unpaired) electrons. The second-order valence-corrected chi connectivity index (χ2v) is 9.97. The van der Waals surface area contributed by atoms with Crippen molar-refractivity contribution >= 4 is 27.7 Å². The Morgan fingerprint density at radius 3 is 2.24 bits per heavy atom. The van der Waals surface area contributed by atoms with Crippen LogP contribution in [0.4, 0.5) is 10.5 Å². The summed E-state index contributed by atoms with van der Waals surface area (Å²) in [6.07, 6.45) is 1.61. The lowest BCUT2D eigenvalue weighted by Gasteiger charge is -2.41. The summed E-state index contributed by atoms with van der Waals surface area (Å²) in [6, 6.07) is 14.6. The molecule has 1 saturated heterocycles. The maximum atomic E-state index is 13.3. The number of hydrogen-bond acceptors (Lipinski definition) is 5. The van der Waals surface area contributed by atoms with Gasteiger partial charge in [-0.1, -0.05) is 36.9 Å². The van der Waals surface area contributed by atoms with Crippen LogP contribution in [0.25, 0.3) is 0 Å². The fourth-order valence-corrected chi connectivity index (χ4v) is 5.97. The highest BCUT2D eigenvalue weighted by atomic mass is 32.2. The third-order valence-electron chi connectivity index (χ3n) is 5.54. The van der Waals surface area contributed by atoms with Gasteiger partial charge in [-0.25, -0.2) is 13.2 Å². The van der Waals surface area contributed by atoms with Gasteiger partial charge in [-0.05, 0) is 62.6 Å². The summed E-state index contributed by atoms with van der Waals surface area (Å²) in [7, 11) is -3.75. The molecule has 1 aliphatic rings. The Bertz CT molecular complexity index is 1070. The minimum absolute atomic E-state index is 0.111. The van der Waals surface area contributed by atoms with E-state index in [-0.39, 0.29) is 35.5 Å². The lowest BCUT2D eigenvalue weighted by Crippen LogP contribution is -2.54. The molecule has 3 rings (SSSR count). The van der Waals surface area contributed by atoms with Gasteiger partial charge in [0.1, 0.15) is 6.61 Å². The first-order valence-corrected chi connectivity index (χ1v) is 12.2. The Morgan fingerprint density at radius 1 is 1.06 bits per heavy atom. The molecule has 33 heavy (non-hydrogen) atoms. The van der Waals surface area contributed by atoms with Crippen LogP contribution in [-0.2, 0) is 26.2 Å². The normalized spacial score (nSPS) is 21.1. The van der Waals surface area contributed by atoms with E-state index in [2.05, 4.69) is 17.2 Å². The van der Waals surface area contributed by atoms with Gasteiger partial charge in [-0.2, -0.15) is 4.31 Å². The minimum atomic E-state index is -3.75. The van der Waals surface area contributed by atoms with Crippen LogP contribution in [0, 0.1) is 0 Å². The molecule has 2 atom stereocenters. The van der Waals surface area contributed by atoms with Crippen molar-refractivity contribution in [2.75, 3.05) is 5.32 Å². The second kappa shape index (κ2) is 10.6. The number of benzene rings is 2. The van der Waals surface area contributed by atoms with Crippen molar-refractivity contribution in [3.63, 3.8) is 0 Å². The predicted octanol–water partition coefficient (Wildman–Crippen LogP) is 3.67. The highest BCUT2D eigenvalue weighted by Gasteiger charge is 2.39. The molecule has 8 nitrogen and oxygen atoms in total. The van der Waals surface area contributed by atoms with E-state index in [0.29, 0.717) is 18.5 Å². The van der Waals surface area contributed by atoms with Crippen LogP contribution >= 0.6 is 0 Å². The lowest BCUT2D eigenvalue weighted by atomic mass is 9.95. The number of ether oxygens (including phenoxy) is 1. The van der Waals surface area contributed by atoms with Gasteiger partial charge in [0, 0.05) is 23.8 Å². The van der Waals surface area contributed by atoms with E-state index in [9.17, 15) is 18.0 Å². The summed E-state index contributed by atoms with van der Waals surface area (Å²) < 4.78 is 33.3. The summed E-state index contributed by atoms with van der Waals surface area (Å²) in [5, 5.41) is 5.46. The molecule has 2 aromatic rings. The molecular formula is C24H29N3O5S.